The number of alkyl halides is 3. The molecule has 0 aliphatic carbocycles. The van der Waals surface area contributed by atoms with Crippen molar-refractivity contribution >= 4 is 23.6 Å². The van der Waals surface area contributed by atoms with Gasteiger partial charge in [0.15, 0.2) is 12.7 Å². The quantitative estimate of drug-likeness (QED) is 0.145. The normalized spacial score (nSPS) is 11.7. The molecule has 0 heterocycles. The largest absolute Gasteiger partial charge is 0.484 e. The number of esters is 3. The molecule has 0 aliphatic rings. The lowest BCUT2D eigenvalue weighted by Gasteiger charge is -2.11. The molecular weight excluding hydrogens is 571 g/mol. The third-order valence-corrected chi connectivity index (χ3v) is 5.73. The standard InChI is InChI=1S/C31H24F3NO8/c32-31(33,34)18-40-23-11-3-20(4-12-23)28(37)42-25-13-5-21(6-14-25)29(38)41-24-9-1-19(2-10-24)17-27(36)30(39)43-26-15-7-22(35)8-16-26/h1-16,27,36H,17-18,35H2. The van der Waals surface area contributed by atoms with E-state index < -0.39 is 36.8 Å². The third-order valence-electron chi connectivity index (χ3n) is 5.73. The number of aliphatic hydroxyl groups is 1. The summed E-state index contributed by atoms with van der Waals surface area (Å²) < 4.78 is 57.1. The minimum atomic E-state index is -4.48. The van der Waals surface area contributed by atoms with Crippen LogP contribution in [0.15, 0.2) is 97.1 Å². The fourth-order valence-corrected chi connectivity index (χ4v) is 3.56. The summed E-state index contributed by atoms with van der Waals surface area (Å²) in [7, 11) is 0. The van der Waals surface area contributed by atoms with Gasteiger partial charge in [0.1, 0.15) is 23.0 Å². The van der Waals surface area contributed by atoms with E-state index in [9.17, 15) is 32.7 Å². The summed E-state index contributed by atoms with van der Waals surface area (Å²) in [6, 6.07) is 22.8. The first kappa shape index (κ1) is 30.6. The van der Waals surface area contributed by atoms with Crippen LogP contribution >= 0.6 is 0 Å². The van der Waals surface area contributed by atoms with Gasteiger partial charge in [-0.2, -0.15) is 13.2 Å². The number of benzene rings is 4. The van der Waals surface area contributed by atoms with Crippen LogP contribution in [0.3, 0.4) is 0 Å². The summed E-state index contributed by atoms with van der Waals surface area (Å²) in [5, 5.41) is 10.2. The molecular formula is C31H24F3NO8. The number of ether oxygens (including phenoxy) is 4. The van der Waals surface area contributed by atoms with Gasteiger partial charge in [-0.1, -0.05) is 12.1 Å². The summed E-state index contributed by atoms with van der Waals surface area (Å²) in [6.45, 7) is -1.45. The molecule has 12 heteroatoms. The maximum Gasteiger partial charge on any atom is 0.422 e. The van der Waals surface area contributed by atoms with Crippen LogP contribution in [0.1, 0.15) is 26.3 Å². The molecule has 4 rings (SSSR count). The molecule has 0 aliphatic heterocycles. The highest BCUT2D eigenvalue weighted by Crippen LogP contribution is 2.21. The summed E-state index contributed by atoms with van der Waals surface area (Å²) in [5.41, 5.74) is 6.93. The molecule has 0 saturated carbocycles. The average molecular weight is 596 g/mol. The lowest BCUT2D eigenvalue weighted by atomic mass is 10.1. The molecule has 1 atom stereocenters. The first-order chi connectivity index (χ1) is 20.4. The number of carbonyl (C=O) groups excluding carboxylic acids is 3. The Balaban J connectivity index is 1.25. The summed E-state index contributed by atoms with van der Waals surface area (Å²) in [5.74, 6) is -1.75. The number of nitrogens with two attached hydrogens (primary N) is 1. The Labute approximate surface area is 243 Å². The van der Waals surface area contributed by atoms with Gasteiger partial charge >= 0.3 is 24.1 Å². The number of halogens is 3. The van der Waals surface area contributed by atoms with Gasteiger partial charge < -0.3 is 29.8 Å². The van der Waals surface area contributed by atoms with E-state index >= 15 is 0 Å². The maximum absolute atomic E-state index is 12.5. The zero-order valence-electron chi connectivity index (χ0n) is 22.2. The first-order valence-corrected chi connectivity index (χ1v) is 12.6. The van der Waals surface area contributed by atoms with E-state index in [-0.39, 0.29) is 40.5 Å². The van der Waals surface area contributed by atoms with Gasteiger partial charge in [-0.05, 0) is 90.5 Å². The van der Waals surface area contributed by atoms with E-state index in [1.54, 1.807) is 24.3 Å². The van der Waals surface area contributed by atoms with Crippen LogP contribution in [0.25, 0.3) is 0 Å². The Morgan fingerprint density at radius 1 is 0.651 bits per heavy atom. The molecule has 3 N–H and O–H groups in total. The highest BCUT2D eigenvalue weighted by atomic mass is 19.4. The van der Waals surface area contributed by atoms with Gasteiger partial charge in [0.05, 0.1) is 11.1 Å². The Hall–Kier alpha value is -5.36. The van der Waals surface area contributed by atoms with Crippen molar-refractivity contribution in [2.24, 2.45) is 0 Å². The molecule has 4 aromatic rings. The van der Waals surface area contributed by atoms with Crippen molar-refractivity contribution in [1.82, 2.24) is 0 Å². The number of hydrogen-bond acceptors (Lipinski definition) is 9. The van der Waals surface area contributed by atoms with Gasteiger partial charge in [0.25, 0.3) is 0 Å². The number of nitrogen functional groups attached to an aromatic ring is 1. The Morgan fingerprint density at radius 3 is 1.56 bits per heavy atom. The molecule has 0 bridgehead atoms. The number of hydrogen-bond donors (Lipinski definition) is 2. The van der Waals surface area contributed by atoms with Crippen molar-refractivity contribution < 1.29 is 51.6 Å². The molecule has 9 nitrogen and oxygen atoms in total. The Morgan fingerprint density at radius 2 is 1.07 bits per heavy atom. The van der Waals surface area contributed by atoms with Crippen molar-refractivity contribution in [3.63, 3.8) is 0 Å². The molecule has 43 heavy (non-hydrogen) atoms. The zero-order chi connectivity index (χ0) is 31.0. The zero-order valence-corrected chi connectivity index (χ0v) is 22.2. The second kappa shape index (κ2) is 13.5. The smallest absolute Gasteiger partial charge is 0.422 e. The predicted molar refractivity (Wildman–Crippen MR) is 147 cm³/mol. The van der Waals surface area contributed by atoms with Crippen molar-refractivity contribution in [2.45, 2.75) is 18.7 Å². The molecule has 0 amide bonds. The molecule has 4 aromatic carbocycles. The van der Waals surface area contributed by atoms with E-state index in [1.165, 1.54) is 72.8 Å². The number of aliphatic hydroxyl groups excluding tert-OH is 1. The molecule has 1 unspecified atom stereocenters. The minimum absolute atomic E-state index is 0.0296. The van der Waals surface area contributed by atoms with Gasteiger partial charge in [0, 0.05) is 12.1 Å². The number of anilines is 1. The van der Waals surface area contributed by atoms with E-state index in [1.807, 2.05) is 0 Å². The highest BCUT2D eigenvalue weighted by molar-refractivity contribution is 5.92. The van der Waals surface area contributed by atoms with Crippen LogP contribution in [-0.2, 0) is 11.2 Å². The monoisotopic (exact) mass is 595 g/mol. The fraction of sp³-hybridized carbons (Fsp3) is 0.129. The SMILES string of the molecule is Nc1ccc(OC(=O)C(O)Cc2ccc(OC(=O)c3ccc(OC(=O)c4ccc(OCC(F)(F)F)cc4)cc3)cc2)cc1. The van der Waals surface area contributed by atoms with Crippen molar-refractivity contribution in [3.05, 3.63) is 114 Å². The lowest BCUT2D eigenvalue weighted by molar-refractivity contribution is -0.153. The maximum atomic E-state index is 12.5. The van der Waals surface area contributed by atoms with Crippen LogP contribution in [0.4, 0.5) is 18.9 Å². The van der Waals surface area contributed by atoms with Crippen molar-refractivity contribution in [2.75, 3.05) is 12.3 Å². The van der Waals surface area contributed by atoms with Gasteiger partial charge in [-0.25, -0.2) is 14.4 Å². The predicted octanol–water partition coefficient (Wildman–Crippen LogP) is 5.16. The van der Waals surface area contributed by atoms with E-state index in [0.717, 1.165) is 0 Å². The Kier molecular flexibility index (Phi) is 9.63. The summed E-state index contributed by atoms with van der Waals surface area (Å²) in [4.78, 5) is 37.0. The average Bonchev–Trinajstić information content (AvgIpc) is 2.98. The molecule has 0 saturated heterocycles. The van der Waals surface area contributed by atoms with E-state index in [0.29, 0.717) is 11.3 Å². The molecule has 0 fully saturated rings. The summed E-state index contributed by atoms with van der Waals surface area (Å²) in [6.07, 6.45) is -5.93. The van der Waals surface area contributed by atoms with Crippen LogP contribution in [0.2, 0.25) is 0 Å². The molecule has 0 radical (unpaired) electrons. The van der Waals surface area contributed by atoms with Crippen LogP contribution in [0.5, 0.6) is 23.0 Å². The van der Waals surface area contributed by atoms with Crippen LogP contribution < -0.4 is 24.7 Å². The van der Waals surface area contributed by atoms with Gasteiger partial charge in [-0.15, -0.1) is 0 Å². The second-order valence-corrected chi connectivity index (χ2v) is 9.09. The first-order valence-electron chi connectivity index (χ1n) is 12.6. The van der Waals surface area contributed by atoms with E-state index in [4.69, 9.17) is 19.9 Å². The van der Waals surface area contributed by atoms with Crippen LogP contribution in [-0.4, -0.2) is 41.9 Å². The molecule has 222 valence electrons. The number of carbonyl (C=O) groups is 3. The second-order valence-electron chi connectivity index (χ2n) is 9.09. The fourth-order valence-electron chi connectivity index (χ4n) is 3.56. The highest BCUT2D eigenvalue weighted by Gasteiger charge is 2.28. The number of rotatable bonds is 10. The van der Waals surface area contributed by atoms with Crippen LogP contribution in [0, 0.1) is 0 Å². The van der Waals surface area contributed by atoms with Crippen molar-refractivity contribution in [1.29, 1.82) is 0 Å². The third kappa shape index (κ3) is 9.33. The van der Waals surface area contributed by atoms with Gasteiger partial charge in [0.2, 0.25) is 0 Å². The summed E-state index contributed by atoms with van der Waals surface area (Å²) >= 11 is 0. The van der Waals surface area contributed by atoms with E-state index in [2.05, 4.69) is 4.74 Å². The lowest BCUT2D eigenvalue weighted by Crippen LogP contribution is -2.27. The van der Waals surface area contributed by atoms with Crippen molar-refractivity contribution in [3.8, 4) is 23.0 Å². The Bertz CT molecular complexity index is 1550. The van der Waals surface area contributed by atoms with Gasteiger partial charge in [-0.3, -0.25) is 0 Å². The molecule has 0 aromatic heterocycles. The topological polar surface area (TPSA) is 134 Å². The minimum Gasteiger partial charge on any atom is -0.484 e. The molecule has 0 spiro atoms.